The molecular weight excluding hydrogens is 385 g/mol. The fourth-order valence-corrected chi connectivity index (χ4v) is 2.95. The third kappa shape index (κ3) is 5.91. The highest BCUT2D eigenvalue weighted by atomic mass is 19.1. The van der Waals surface area contributed by atoms with Gasteiger partial charge in [0.15, 0.2) is 0 Å². The van der Waals surface area contributed by atoms with Gasteiger partial charge >= 0.3 is 5.97 Å². The van der Waals surface area contributed by atoms with Gasteiger partial charge in [-0.1, -0.05) is 48.5 Å². The second-order valence-electron chi connectivity index (χ2n) is 6.69. The lowest BCUT2D eigenvalue weighted by atomic mass is 10.0. The number of benzene rings is 3. The largest absolute Gasteiger partial charge is 0.489 e. The zero-order valence-electron chi connectivity index (χ0n) is 16.5. The van der Waals surface area contributed by atoms with Gasteiger partial charge in [0.25, 0.3) is 5.91 Å². The Labute approximate surface area is 174 Å². The maximum atomic E-state index is 13.4. The Balaban J connectivity index is 1.68. The molecule has 0 fully saturated rings. The van der Waals surface area contributed by atoms with Gasteiger partial charge in [-0.05, 0) is 41.5 Å². The minimum Gasteiger partial charge on any atom is -0.489 e. The Morgan fingerprint density at radius 3 is 2.40 bits per heavy atom. The van der Waals surface area contributed by atoms with Crippen LogP contribution in [0.5, 0.6) is 5.75 Å². The summed E-state index contributed by atoms with van der Waals surface area (Å²) < 4.78 is 24.0. The molecule has 5 nitrogen and oxygen atoms in total. The van der Waals surface area contributed by atoms with E-state index in [4.69, 9.17) is 9.47 Å². The highest BCUT2D eigenvalue weighted by Crippen LogP contribution is 2.17. The highest BCUT2D eigenvalue weighted by molar-refractivity contribution is 5.96. The second kappa shape index (κ2) is 10.2. The third-order valence-corrected chi connectivity index (χ3v) is 4.46. The number of methoxy groups -OCH3 is 1. The maximum Gasteiger partial charge on any atom is 0.328 e. The van der Waals surface area contributed by atoms with Crippen LogP contribution < -0.4 is 10.1 Å². The van der Waals surface area contributed by atoms with Crippen molar-refractivity contribution in [2.45, 2.75) is 19.1 Å². The summed E-state index contributed by atoms with van der Waals surface area (Å²) in [5.41, 5.74) is 1.96. The molecule has 0 aliphatic rings. The molecule has 3 aromatic rings. The number of esters is 1. The topological polar surface area (TPSA) is 64.6 Å². The summed E-state index contributed by atoms with van der Waals surface area (Å²) in [4.78, 5) is 24.6. The van der Waals surface area contributed by atoms with Crippen LogP contribution in [0, 0.1) is 5.82 Å². The number of hydrogen-bond donors (Lipinski definition) is 1. The molecule has 1 N–H and O–H groups in total. The van der Waals surface area contributed by atoms with Crippen molar-refractivity contribution in [2.24, 2.45) is 0 Å². The predicted molar refractivity (Wildman–Crippen MR) is 111 cm³/mol. The molecule has 0 aromatic heterocycles. The lowest BCUT2D eigenvalue weighted by Gasteiger charge is -2.17. The molecule has 0 heterocycles. The lowest BCUT2D eigenvalue weighted by Crippen LogP contribution is -2.43. The summed E-state index contributed by atoms with van der Waals surface area (Å²) in [6.45, 7) is 0.418. The van der Waals surface area contributed by atoms with Crippen LogP contribution in [0.1, 0.15) is 21.5 Å². The van der Waals surface area contributed by atoms with E-state index >= 15 is 0 Å². The van der Waals surface area contributed by atoms with Crippen LogP contribution in [0.4, 0.5) is 4.39 Å². The van der Waals surface area contributed by atoms with E-state index < -0.39 is 23.7 Å². The maximum absolute atomic E-state index is 13.4. The molecule has 30 heavy (non-hydrogen) atoms. The molecule has 0 saturated carbocycles. The average Bonchev–Trinajstić information content (AvgIpc) is 2.77. The molecule has 0 radical (unpaired) electrons. The van der Waals surface area contributed by atoms with Gasteiger partial charge < -0.3 is 14.8 Å². The van der Waals surface area contributed by atoms with E-state index in [-0.39, 0.29) is 12.0 Å². The zero-order chi connectivity index (χ0) is 21.3. The molecule has 154 valence electrons. The molecule has 0 spiro atoms. The van der Waals surface area contributed by atoms with Crippen LogP contribution in [0.3, 0.4) is 0 Å². The zero-order valence-corrected chi connectivity index (χ0v) is 16.5. The minimum atomic E-state index is -0.921. The van der Waals surface area contributed by atoms with Crippen LogP contribution in [0.25, 0.3) is 0 Å². The number of amides is 1. The molecule has 0 saturated heterocycles. The fraction of sp³-hybridized carbons (Fsp3) is 0.167. The van der Waals surface area contributed by atoms with Crippen molar-refractivity contribution in [3.8, 4) is 5.75 Å². The third-order valence-electron chi connectivity index (χ3n) is 4.46. The number of carbonyl (C=O) groups excluding carboxylic acids is 2. The summed E-state index contributed by atoms with van der Waals surface area (Å²) in [5.74, 6) is -1.02. The van der Waals surface area contributed by atoms with E-state index in [1.54, 1.807) is 0 Å². The van der Waals surface area contributed by atoms with Crippen molar-refractivity contribution >= 4 is 11.9 Å². The Morgan fingerprint density at radius 2 is 1.67 bits per heavy atom. The SMILES string of the molecule is COC(=O)[C@H](Cc1cccc(OCc2ccccc2)c1)NC(=O)c1cccc(F)c1. The molecule has 3 rings (SSSR count). The van der Waals surface area contributed by atoms with Crippen LogP contribution >= 0.6 is 0 Å². The summed E-state index contributed by atoms with van der Waals surface area (Å²) in [6, 6.07) is 21.4. The van der Waals surface area contributed by atoms with Crippen LogP contribution in [0.2, 0.25) is 0 Å². The fourth-order valence-electron chi connectivity index (χ4n) is 2.95. The second-order valence-corrected chi connectivity index (χ2v) is 6.69. The van der Waals surface area contributed by atoms with Crippen molar-refractivity contribution in [3.63, 3.8) is 0 Å². The smallest absolute Gasteiger partial charge is 0.328 e. The Morgan fingerprint density at radius 1 is 0.933 bits per heavy atom. The molecule has 1 atom stereocenters. The first kappa shape index (κ1) is 21.0. The lowest BCUT2D eigenvalue weighted by molar-refractivity contribution is -0.142. The van der Waals surface area contributed by atoms with E-state index in [0.717, 1.165) is 17.2 Å². The molecule has 0 unspecified atom stereocenters. The Kier molecular flexibility index (Phi) is 7.16. The van der Waals surface area contributed by atoms with Gasteiger partial charge in [0.1, 0.15) is 24.2 Å². The normalized spacial score (nSPS) is 11.4. The van der Waals surface area contributed by atoms with Gasteiger partial charge in [-0.25, -0.2) is 9.18 Å². The van der Waals surface area contributed by atoms with Gasteiger partial charge in [-0.2, -0.15) is 0 Å². The van der Waals surface area contributed by atoms with Crippen LogP contribution in [-0.2, 0) is 22.6 Å². The number of nitrogens with one attached hydrogen (secondary N) is 1. The van der Waals surface area contributed by atoms with Crippen molar-refractivity contribution in [3.05, 3.63) is 101 Å². The van der Waals surface area contributed by atoms with Crippen LogP contribution in [0.15, 0.2) is 78.9 Å². The van der Waals surface area contributed by atoms with E-state index in [0.29, 0.717) is 12.4 Å². The average molecular weight is 407 g/mol. The van der Waals surface area contributed by atoms with Crippen molar-refractivity contribution in [1.29, 1.82) is 0 Å². The molecule has 0 bridgehead atoms. The predicted octanol–water partition coefficient (Wildman–Crippen LogP) is 3.92. The molecule has 0 aliphatic carbocycles. The summed E-state index contributed by atoms with van der Waals surface area (Å²) in [7, 11) is 1.25. The van der Waals surface area contributed by atoms with Crippen molar-refractivity contribution in [1.82, 2.24) is 5.32 Å². The first-order valence-electron chi connectivity index (χ1n) is 9.45. The Hall–Kier alpha value is -3.67. The number of hydrogen-bond acceptors (Lipinski definition) is 4. The Bertz CT molecular complexity index is 1010. The molecule has 6 heteroatoms. The highest BCUT2D eigenvalue weighted by Gasteiger charge is 2.23. The molecular formula is C24H22FNO4. The first-order chi connectivity index (χ1) is 14.5. The van der Waals surface area contributed by atoms with Gasteiger partial charge in [0.05, 0.1) is 7.11 Å². The first-order valence-corrected chi connectivity index (χ1v) is 9.45. The number of carbonyl (C=O) groups is 2. The number of ether oxygens (including phenoxy) is 2. The van der Waals surface area contributed by atoms with Gasteiger partial charge in [0.2, 0.25) is 0 Å². The van der Waals surface area contributed by atoms with Gasteiger partial charge in [-0.15, -0.1) is 0 Å². The van der Waals surface area contributed by atoms with Crippen molar-refractivity contribution in [2.75, 3.05) is 7.11 Å². The summed E-state index contributed by atoms with van der Waals surface area (Å²) >= 11 is 0. The van der Waals surface area contributed by atoms with Crippen molar-refractivity contribution < 1.29 is 23.5 Å². The molecule has 1 amide bonds. The summed E-state index contributed by atoms with van der Waals surface area (Å²) in [5, 5.41) is 2.62. The number of rotatable bonds is 8. The van der Waals surface area contributed by atoms with E-state index in [2.05, 4.69) is 5.32 Å². The van der Waals surface area contributed by atoms with Gasteiger partial charge in [-0.3, -0.25) is 4.79 Å². The van der Waals surface area contributed by atoms with Gasteiger partial charge in [0, 0.05) is 12.0 Å². The molecule has 3 aromatic carbocycles. The number of halogens is 1. The minimum absolute atomic E-state index is 0.129. The van der Waals surface area contributed by atoms with E-state index in [9.17, 15) is 14.0 Å². The monoisotopic (exact) mass is 407 g/mol. The molecule has 0 aliphatic heterocycles. The van der Waals surface area contributed by atoms with E-state index in [1.165, 1.54) is 25.3 Å². The standard InChI is InChI=1S/C24H22FNO4/c1-29-24(28)22(26-23(27)19-10-6-11-20(25)15-19)14-18-9-5-12-21(13-18)30-16-17-7-3-2-4-8-17/h2-13,15,22H,14,16H2,1H3,(H,26,27)/t22-/m0/s1. The van der Waals surface area contributed by atoms with Crippen LogP contribution in [-0.4, -0.2) is 25.0 Å². The van der Waals surface area contributed by atoms with E-state index in [1.807, 2.05) is 54.6 Å². The quantitative estimate of drug-likeness (QED) is 0.575. The summed E-state index contributed by atoms with van der Waals surface area (Å²) in [6.07, 6.45) is 0.205.